The fraction of sp³-hybridized carbons (Fsp3) is 0.455. The molecular weight excluding hydrogens is 200 g/mol. The predicted molar refractivity (Wildman–Crippen MR) is 52.8 cm³/mol. The van der Waals surface area contributed by atoms with Crippen molar-refractivity contribution >= 4 is 0 Å². The van der Waals surface area contributed by atoms with Gasteiger partial charge in [0.2, 0.25) is 0 Å². The second kappa shape index (κ2) is 4.14. The Morgan fingerprint density at radius 1 is 1.27 bits per heavy atom. The van der Waals surface area contributed by atoms with Gasteiger partial charge in [0.25, 0.3) is 0 Å². The molecule has 0 aliphatic carbocycles. The first-order chi connectivity index (χ1) is 7.20. The van der Waals surface area contributed by atoms with Gasteiger partial charge in [-0.3, -0.25) is 4.90 Å². The van der Waals surface area contributed by atoms with Gasteiger partial charge in [-0.05, 0) is 25.6 Å². The Morgan fingerprint density at radius 2 is 2.00 bits per heavy atom. The Kier molecular flexibility index (Phi) is 2.86. The van der Waals surface area contributed by atoms with Gasteiger partial charge in [0.05, 0.1) is 7.11 Å². The molecule has 1 heterocycles. The van der Waals surface area contributed by atoms with Crippen LogP contribution >= 0.6 is 0 Å². The zero-order chi connectivity index (χ0) is 10.8. The zero-order valence-electron chi connectivity index (χ0n) is 8.59. The van der Waals surface area contributed by atoms with Crippen molar-refractivity contribution in [2.75, 3.05) is 20.2 Å². The number of hydrogen-bond donors (Lipinski definition) is 0. The lowest BCUT2D eigenvalue weighted by molar-refractivity contribution is 0.170. The summed E-state index contributed by atoms with van der Waals surface area (Å²) in [4.78, 5) is 2.07. The average Bonchev–Trinajstić information content (AvgIpc) is 2.16. The maximum Gasteiger partial charge on any atom is 0.165 e. The Morgan fingerprint density at radius 3 is 2.53 bits per heavy atom. The lowest BCUT2D eigenvalue weighted by Gasteiger charge is -2.30. The van der Waals surface area contributed by atoms with E-state index in [1.165, 1.54) is 13.2 Å². The van der Waals surface area contributed by atoms with Gasteiger partial charge in [0, 0.05) is 18.2 Å². The topological polar surface area (TPSA) is 12.5 Å². The van der Waals surface area contributed by atoms with E-state index in [-0.39, 0.29) is 5.75 Å². The van der Waals surface area contributed by atoms with Gasteiger partial charge in [-0.1, -0.05) is 0 Å². The molecule has 4 heteroatoms. The third kappa shape index (κ3) is 2.09. The van der Waals surface area contributed by atoms with Gasteiger partial charge in [-0.2, -0.15) is 0 Å². The highest BCUT2D eigenvalue weighted by molar-refractivity contribution is 5.30. The molecule has 0 atom stereocenters. The van der Waals surface area contributed by atoms with E-state index >= 15 is 0 Å². The number of rotatable bonds is 3. The van der Waals surface area contributed by atoms with Gasteiger partial charge in [0.15, 0.2) is 11.6 Å². The maximum atomic E-state index is 13.5. The highest BCUT2D eigenvalue weighted by atomic mass is 19.1. The smallest absolute Gasteiger partial charge is 0.165 e. The summed E-state index contributed by atoms with van der Waals surface area (Å²) in [5, 5.41) is 0. The van der Waals surface area contributed by atoms with Crippen molar-refractivity contribution in [2.24, 2.45) is 0 Å². The summed E-state index contributed by atoms with van der Waals surface area (Å²) in [6.07, 6.45) is 1.14. The van der Waals surface area contributed by atoms with Crippen LogP contribution in [-0.2, 0) is 6.54 Å². The molecule has 1 aliphatic rings. The monoisotopic (exact) mass is 213 g/mol. The SMILES string of the molecule is COc1cc(F)c(CN2CCC2)cc1F. The van der Waals surface area contributed by atoms with Crippen LogP contribution in [0.25, 0.3) is 0 Å². The average molecular weight is 213 g/mol. The van der Waals surface area contributed by atoms with E-state index < -0.39 is 11.6 Å². The predicted octanol–water partition coefficient (Wildman–Crippen LogP) is 2.18. The van der Waals surface area contributed by atoms with Gasteiger partial charge >= 0.3 is 0 Å². The largest absolute Gasteiger partial charge is 0.494 e. The second-order valence-corrected chi connectivity index (χ2v) is 3.71. The molecule has 1 aliphatic heterocycles. The number of benzene rings is 1. The summed E-state index contributed by atoms with van der Waals surface area (Å²) in [6.45, 7) is 2.41. The van der Waals surface area contributed by atoms with Gasteiger partial charge in [0.1, 0.15) is 5.82 Å². The Hall–Kier alpha value is -1.16. The van der Waals surface area contributed by atoms with E-state index in [0.29, 0.717) is 12.1 Å². The molecule has 0 aromatic heterocycles. The molecule has 0 spiro atoms. The molecule has 1 saturated heterocycles. The molecular formula is C11H13F2NO. The van der Waals surface area contributed by atoms with Crippen LogP contribution < -0.4 is 4.74 Å². The highest BCUT2D eigenvalue weighted by Crippen LogP contribution is 2.23. The quantitative estimate of drug-likeness (QED) is 0.763. The first-order valence-corrected chi connectivity index (χ1v) is 4.95. The van der Waals surface area contributed by atoms with Crippen LogP contribution in [0.5, 0.6) is 5.75 Å². The third-order valence-electron chi connectivity index (χ3n) is 2.66. The molecule has 0 bridgehead atoms. The number of ether oxygens (including phenoxy) is 1. The van der Waals surface area contributed by atoms with Crippen molar-refractivity contribution in [1.82, 2.24) is 4.90 Å². The molecule has 2 nitrogen and oxygen atoms in total. The lowest BCUT2D eigenvalue weighted by Crippen LogP contribution is -2.36. The van der Waals surface area contributed by atoms with E-state index in [1.807, 2.05) is 0 Å². The molecule has 1 aromatic rings. The Balaban J connectivity index is 2.19. The van der Waals surface area contributed by atoms with Gasteiger partial charge in [-0.15, -0.1) is 0 Å². The highest BCUT2D eigenvalue weighted by Gasteiger charge is 2.17. The minimum atomic E-state index is -0.505. The van der Waals surface area contributed by atoms with Crippen molar-refractivity contribution in [1.29, 1.82) is 0 Å². The lowest BCUT2D eigenvalue weighted by atomic mass is 10.1. The molecule has 1 fully saturated rings. The number of halogens is 2. The van der Waals surface area contributed by atoms with Crippen molar-refractivity contribution in [3.63, 3.8) is 0 Å². The molecule has 0 radical (unpaired) electrons. The second-order valence-electron chi connectivity index (χ2n) is 3.71. The number of hydrogen-bond acceptors (Lipinski definition) is 2. The van der Waals surface area contributed by atoms with E-state index in [4.69, 9.17) is 4.74 Å². The van der Waals surface area contributed by atoms with Crippen LogP contribution in [0.3, 0.4) is 0 Å². The van der Waals surface area contributed by atoms with E-state index in [9.17, 15) is 8.78 Å². The summed E-state index contributed by atoms with van der Waals surface area (Å²) < 4.78 is 31.5. The first-order valence-electron chi connectivity index (χ1n) is 4.95. The summed E-state index contributed by atoms with van der Waals surface area (Å²) in [7, 11) is 1.33. The normalized spacial score (nSPS) is 16.2. The molecule has 1 aromatic carbocycles. The van der Waals surface area contributed by atoms with Crippen LogP contribution in [0.2, 0.25) is 0 Å². The van der Waals surface area contributed by atoms with Crippen LogP contribution in [0.4, 0.5) is 8.78 Å². The van der Waals surface area contributed by atoms with E-state index in [0.717, 1.165) is 25.6 Å². The Bertz CT molecular complexity index is 364. The molecule has 2 rings (SSSR count). The van der Waals surface area contributed by atoms with Crippen LogP contribution in [0.1, 0.15) is 12.0 Å². The summed E-state index contributed by atoms with van der Waals surface area (Å²) in [5.74, 6) is -0.950. The minimum Gasteiger partial charge on any atom is -0.494 e. The van der Waals surface area contributed by atoms with Crippen LogP contribution in [0.15, 0.2) is 12.1 Å². The van der Waals surface area contributed by atoms with Crippen molar-refractivity contribution in [3.05, 3.63) is 29.3 Å². The zero-order valence-corrected chi connectivity index (χ0v) is 8.59. The van der Waals surface area contributed by atoms with E-state index in [2.05, 4.69) is 4.90 Å². The standard InChI is InChI=1S/C11H13F2NO/c1-15-11-6-9(12)8(5-10(11)13)7-14-3-2-4-14/h5-6H,2-4,7H2,1H3. The maximum absolute atomic E-state index is 13.5. The fourth-order valence-corrected chi connectivity index (χ4v) is 1.63. The molecule has 15 heavy (non-hydrogen) atoms. The van der Waals surface area contributed by atoms with Gasteiger partial charge < -0.3 is 4.74 Å². The van der Waals surface area contributed by atoms with Crippen molar-refractivity contribution in [3.8, 4) is 5.75 Å². The third-order valence-corrected chi connectivity index (χ3v) is 2.66. The summed E-state index contributed by atoms with van der Waals surface area (Å²) >= 11 is 0. The number of nitrogens with zero attached hydrogens (tertiary/aromatic N) is 1. The van der Waals surface area contributed by atoms with E-state index in [1.54, 1.807) is 0 Å². The first kappa shape index (κ1) is 10.4. The number of methoxy groups -OCH3 is 1. The molecule has 0 N–H and O–H groups in total. The summed E-state index contributed by atoms with van der Waals surface area (Å²) in [5.41, 5.74) is 0.396. The minimum absolute atomic E-state index is 0.0418. The molecule has 0 unspecified atom stereocenters. The molecule has 0 amide bonds. The van der Waals surface area contributed by atoms with Crippen LogP contribution in [-0.4, -0.2) is 25.1 Å². The fourth-order valence-electron chi connectivity index (χ4n) is 1.63. The van der Waals surface area contributed by atoms with Crippen molar-refractivity contribution < 1.29 is 13.5 Å². The van der Waals surface area contributed by atoms with Crippen molar-refractivity contribution in [2.45, 2.75) is 13.0 Å². The molecule has 0 saturated carbocycles. The van der Waals surface area contributed by atoms with Crippen LogP contribution in [0, 0.1) is 11.6 Å². The van der Waals surface area contributed by atoms with Gasteiger partial charge in [-0.25, -0.2) is 8.78 Å². The molecule has 82 valence electrons. The summed E-state index contributed by atoms with van der Waals surface area (Å²) in [6, 6.07) is 2.32. The number of likely N-dealkylation sites (tertiary alicyclic amines) is 1. The Labute approximate surface area is 87.5 Å².